The van der Waals surface area contributed by atoms with Crippen molar-refractivity contribution in [3.8, 4) is 11.5 Å². The molecule has 1 atom stereocenters. The van der Waals surface area contributed by atoms with Gasteiger partial charge in [-0.1, -0.05) is 18.9 Å². The van der Waals surface area contributed by atoms with E-state index < -0.39 is 0 Å². The first-order valence-electron chi connectivity index (χ1n) is 6.23. The monoisotopic (exact) mass is 271 g/mol. The summed E-state index contributed by atoms with van der Waals surface area (Å²) in [6.07, 6.45) is 5.11. The topological polar surface area (TPSA) is 44.5 Å². The summed E-state index contributed by atoms with van der Waals surface area (Å²) in [5, 5.41) is 0. The van der Waals surface area contributed by atoms with Crippen LogP contribution in [0.15, 0.2) is 18.2 Å². The lowest BCUT2D eigenvalue weighted by molar-refractivity contribution is 0.353. The van der Waals surface area contributed by atoms with Gasteiger partial charge < -0.3 is 15.2 Å². The third-order valence-electron chi connectivity index (χ3n) is 3.70. The summed E-state index contributed by atoms with van der Waals surface area (Å²) < 4.78 is 10.5. The first kappa shape index (κ1) is 15.1. The molecule has 0 spiro atoms. The Labute approximate surface area is 115 Å². The van der Waals surface area contributed by atoms with Gasteiger partial charge in [-0.2, -0.15) is 0 Å². The van der Waals surface area contributed by atoms with E-state index in [0.29, 0.717) is 5.92 Å². The van der Waals surface area contributed by atoms with Crippen LogP contribution in [0, 0.1) is 5.92 Å². The number of methoxy groups -OCH3 is 2. The summed E-state index contributed by atoms with van der Waals surface area (Å²) >= 11 is 0. The highest BCUT2D eigenvalue weighted by molar-refractivity contribution is 5.85. The summed E-state index contributed by atoms with van der Waals surface area (Å²) in [5.41, 5.74) is 7.47. The van der Waals surface area contributed by atoms with Crippen LogP contribution in [0.5, 0.6) is 11.5 Å². The Morgan fingerprint density at radius 2 is 1.72 bits per heavy atom. The quantitative estimate of drug-likeness (QED) is 0.914. The van der Waals surface area contributed by atoms with Gasteiger partial charge in [0.15, 0.2) is 11.5 Å². The van der Waals surface area contributed by atoms with E-state index in [2.05, 4.69) is 0 Å². The molecule has 1 saturated carbocycles. The van der Waals surface area contributed by atoms with Crippen LogP contribution in [0.2, 0.25) is 0 Å². The zero-order chi connectivity index (χ0) is 12.3. The van der Waals surface area contributed by atoms with Gasteiger partial charge in [-0.15, -0.1) is 12.4 Å². The van der Waals surface area contributed by atoms with Gasteiger partial charge in [0.25, 0.3) is 0 Å². The second-order valence-electron chi connectivity index (χ2n) is 4.68. The van der Waals surface area contributed by atoms with Crippen molar-refractivity contribution in [2.24, 2.45) is 11.7 Å². The van der Waals surface area contributed by atoms with Crippen LogP contribution in [-0.2, 0) is 0 Å². The molecule has 0 unspecified atom stereocenters. The van der Waals surface area contributed by atoms with Crippen molar-refractivity contribution >= 4 is 12.4 Å². The van der Waals surface area contributed by atoms with Gasteiger partial charge in [0.1, 0.15) is 0 Å². The lowest BCUT2D eigenvalue weighted by Crippen LogP contribution is -2.19. The lowest BCUT2D eigenvalue weighted by Gasteiger charge is -2.20. The Hall–Kier alpha value is -0.930. The molecule has 18 heavy (non-hydrogen) atoms. The summed E-state index contributed by atoms with van der Waals surface area (Å²) in [5.74, 6) is 2.14. The molecule has 102 valence electrons. The molecule has 0 saturated heterocycles. The van der Waals surface area contributed by atoms with Gasteiger partial charge in [-0.05, 0) is 36.5 Å². The van der Waals surface area contributed by atoms with Crippen LogP contribution < -0.4 is 15.2 Å². The minimum absolute atomic E-state index is 0. The number of benzene rings is 1. The van der Waals surface area contributed by atoms with E-state index in [1.54, 1.807) is 14.2 Å². The average molecular weight is 272 g/mol. The Kier molecular flexibility index (Phi) is 5.76. The van der Waals surface area contributed by atoms with Crippen molar-refractivity contribution in [1.82, 2.24) is 0 Å². The van der Waals surface area contributed by atoms with Gasteiger partial charge >= 0.3 is 0 Å². The second-order valence-corrected chi connectivity index (χ2v) is 4.68. The van der Waals surface area contributed by atoms with Crippen LogP contribution in [-0.4, -0.2) is 14.2 Å². The molecule has 0 heterocycles. The van der Waals surface area contributed by atoms with Gasteiger partial charge in [-0.3, -0.25) is 0 Å². The van der Waals surface area contributed by atoms with Crippen molar-refractivity contribution in [2.75, 3.05) is 14.2 Å². The molecule has 0 radical (unpaired) electrons. The highest BCUT2D eigenvalue weighted by Crippen LogP contribution is 2.37. The molecular weight excluding hydrogens is 250 g/mol. The fourth-order valence-corrected chi connectivity index (χ4v) is 2.65. The second kappa shape index (κ2) is 6.86. The van der Waals surface area contributed by atoms with E-state index >= 15 is 0 Å². The van der Waals surface area contributed by atoms with Gasteiger partial charge in [-0.25, -0.2) is 0 Å². The molecule has 2 N–H and O–H groups in total. The fraction of sp³-hybridized carbons (Fsp3) is 0.571. The van der Waals surface area contributed by atoms with Gasteiger partial charge in [0.05, 0.1) is 14.2 Å². The van der Waals surface area contributed by atoms with Crippen LogP contribution in [0.3, 0.4) is 0 Å². The molecular formula is C14H22ClNO2. The zero-order valence-corrected chi connectivity index (χ0v) is 11.8. The minimum atomic E-state index is 0. The number of ether oxygens (including phenoxy) is 2. The van der Waals surface area contributed by atoms with E-state index in [1.165, 1.54) is 25.7 Å². The van der Waals surface area contributed by atoms with Crippen LogP contribution >= 0.6 is 12.4 Å². The molecule has 0 aliphatic heterocycles. The Bertz CT molecular complexity index is 378. The smallest absolute Gasteiger partial charge is 0.161 e. The van der Waals surface area contributed by atoms with Crippen molar-refractivity contribution in [3.05, 3.63) is 23.8 Å². The maximum atomic E-state index is 6.32. The SMILES string of the molecule is COc1ccc([C@@H](N)C2CCCC2)cc1OC.Cl. The predicted molar refractivity (Wildman–Crippen MR) is 75.7 cm³/mol. The molecule has 4 heteroatoms. The predicted octanol–water partition coefficient (Wildman–Crippen LogP) is 3.32. The summed E-state index contributed by atoms with van der Waals surface area (Å²) in [4.78, 5) is 0. The Balaban J connectivity index is 0.00000162. The van der Waals surface area contributed by atoms with E-state index in [4.69, 9.17) is 15.2 Å². The summed E-state index contributed by atoms with van der Waals surface area (Å²) in [7, 11) is 3.30. The van der Waals surface area contributed by atoms with E-state index in [1.807, 2.05) is 18.2 Å². The minimum Gasteiger partial charge on any atom is -0.493 e. The Morgan fingerprint density at radius 3 is 2.28 bits per heavy atom. The maximum absolute atomic E-state index is 6.32. The largest absolute Gasteiger partial charge is 0.493 e. The number of halogens is 1. The average Bonchev–Trinajstić information content (AvgIpc) is 2.90. The number of hydrogen-bond acceptors (Lipinski definition) is 3. The van der Waals surface area contributed by atoms with E-state index in [0.717, 1.165) is 17.1 Å². The molecule has 2 rings (SSSR count). The van der Waals surface area contributed by atoms with Crippen molar-refractivity contribution in [1.29, 1.82) is 0 Å². The van der Waals surface area contributed by atoms with E-state index in [-0.39, 0.29) is 18.4 Å². The van der Waals surface area contributed by atoms with Crippen LogP contribution in [0.1, 0.15) is 37.3 Å². The number of rotatable bonds is 4. The standard InChI is InChI=1S/C14H21NO2.ClH/c1-16-12-8-7-11(9-13(12)17-2)14(15)10-5-3-4-6-10;/h7-10,14H,3-6,15H2,1-2H3;1H/t14-;/m0./s1. The Morgan fingerprint density at radius 1 is 1.11 bits per heavy atom. The third kappa shape index (κ3) is 3.09. The first-order valence-corrected chi connectivity index (χ1v) is 6.23. The number of nitrogens with two attached hydrogens (primary N) is 1. The summed E-state index contributed by atoms with van der Waals surface area (Å²) in [6.45, 7) is 0. The van der Waals surface area contributed by atoms with Gasteiger partial charge in [0.2, 0.25) is 0 Å². The molecule has 1 aromatic rings. The third-order valence-corrected chi connectivity index (χ3v) is 3.70. The molecule has 0 amide bonds. The zero-order valence-electron chi connectivity index (χ0n) is 11.0. The van der Waals surface area contributed by atoms with Crippen LogP contribution in [0.4, 0.5) is 0 Å². The highest BCUT2D eigenvalue weighted by Gasteiger charge is 2.23. The van der Waals surface area contributed by atoms with E-state index in [9.17, 15) is 0 Å². The molecule has 0 bridgehead atoms. The summed E-state index contributed by atoms with van der Waals surface area (Å²) in [6, 6.07) is 6.10. The van der Waals surface area contributed by atoms with Crippen molar-refractivity contribution in [3.63, 3.8) is 0 Å². The molecule has 1 aliphatic carbocycles. The van der Waals surface area contributed by atoms with Crippen LogP contribution in [0.25, 0.3) is 0 Å². The van der Waals surface area contributed by atoms with Crippen molar-refractivity contribution < 1.29 is 9.47 Å². The number of hydrogen-bond donors (Lipinski definition) is 1. The maximum Gasteiger partial charge on any atom is 0.161 e. The normalized spacial score (nSPS) is 17.1. The molecule has 1 aromatic carbocycles. The molecule has 3 nitrogen and oxygen atoms in total. The molecule has 0 aromatic heterocycles. The molecule has 1 aliphatic rings. The van der Waals surface area contributed by atoms with Gasteiger partial charge in [0, 0.05) is 6.04 Å². The highest BCUT2D eigenvalue weighted by atomic mass is 35.5. The first-order chi connectivity index (χ1) is 8.26. The lowest BCUT2D eigenvalue weighted by atomic mass is 9.92. The van der Waals surface area contributed by atoms with Crippen molar-refractivity contribution in [2.45, 2.75) is 31.7 Å². The molecule has 1 fully saturated rings. The fourth-order valence-electron chi connectivity index (χ4n) is 2.65.